The van der Waals surface area contributed by atoms with Crippen molar-refractivity contribution in [1.29, 1.82) is 0 Å². The van der Waals surface area contributed by atoms with Gasteiger partial charge in [0.25, 0.3) is 5.91 Å². The van der Waals surface area contributed by atoms with Crippen molar-refractivity contribution in [3.05, 3.63) is 71.7 Å². The van der Waals surface area contributed by atoms with E-state index >= 15 is 0 Å². The van der Waals surface area contributed by atoms with Crippen LogP contribution in [0.2, 0.25) is 0 Å². The summed E-state index contributed by atoms with van der Waals surface area (Å²) in [6.45, 7) is 8.91. The van der Waals surface area contributed by atoms with E-state index in [4.69, 9.17) is 9.72 Å². The molecule has 180 valence electrons. The standard InChI is InChI=1S/C27H30N6O2/c1-19-4-6-23-22(16-19)18-28-26(30-23)21-5-7-24(20(2)17-21)31(3)27(34)25-8-9-29-33(25)11-10-32-12-14-35-15-13-32/h4-9,16-18H,10-15H2,1-3H3. The minimum absolute atomic E-state index is 0.0855. The lowest BCUT2D eigenvalue weighted by molar-refractivity contribution is 0.0358. The molecule has 8 nitrogen and oxygen atoms in total. The monoisotopic (exact) mass is 470 g/mol. The molecule has 0 radical (unpaired) electrons. The first-order valence-corrected chi connectivity index (χ1v) is 11.9. The zero-order chi connectivity index (χ0) is 24.4. The third-order valence-electron chi connectivity index (χ3n) is 6.52. The van der Waals surface area contributed by atoms with E-state index in [1.165, 1.54) is 5.56 Å². The van der Waals surface area contributed by atoms with Crippen LogP contribution in [0.4, 0.5) is 5.69 Å². The molecule has 8 heteroatoms. The maximum atomic E-state index is 13.4. The number of nitrogens with zero attached hydrogens (tertiary/aromatic N) is 6. The Bertz CT molecular complexity index is 1360. The quantitative estimate of drug-likeness (QED) is 0.428. The van der Waals surface area contributed by atoms with E-state index in [0.29, 0.717) is 18.1 Å². The molecule has 1 aliphatic rings. The molecule has 1 aliphatic heterocycles. The molecule has 5 rings (SSSR count). The lowest BCUT2D eigenvalue weighted by Crippen LogP contribution is -2.39. The Kier molecular flexibility index (Phi) is 6.57. The Morgan fingerprint density at radius 3 is 2.69 bits per heavy atom. The third-order valence-corrected chi connectivity index (χ3v) is 6.52. The first-order valence-electron chi connectivity index (χ1n) is 11.9. The zero-order valence-corrected chi connectivity index (χ0v) is 20.4. The van der Waals surface area contributed by atoms with E-state index < -0.39 is 0 Å². The van der Waals surface area contributed by atoms with E-state index in [9.17, 15) is 4.79 Å². The number of aromatic nitrogens is 4. The summed E-state index contributed by atoms with van der Waals surface area (Å²) in [5.41, 5.74) is 5.42. The predicted octanol–water partition coefficient (Wildman–Crippen LogP) is 3.72. The summed E-state index contributed by atoms with van der Waals surface area (Å²) >= 11 is 0. The molecular weight excluding hydrogens is 440 g/mol. The van der Waals surface area contributed by atoms with E-state index in [1.807, 2.05) is 37.4 Å². The van der Waals surface area contributed by atoms with Crippen LogP contribution < -0.4 is 4.90 Å². The summed E-state index contributed by atoms with van der Waals surface area (Å²) in [4.78, 5) is 26.7. The van der Waals surface area contributed by atoms with Crippen molar-refractivity contribution < 1.29 is 9.53 Å². The lowest BCUT2D eigenvalue weighted by Gasteiger charge is -2.26. The minimum atomic E-state index is -0.0855. The topological polar surface area (TPSA) is 76.4 Å². The molecule has 2 aromatic heterocycles. The van der Waals surface area contributed by atoms with Crippen molar-refractivity contribution in [3.8, 4) is 11.4 Å². The van der Waals surface area contributed by atoms with Gasteiger partial charge in [-0.15, -0.1) is 0 Å². The van der Waals surface area contributed by atoms with Gasteiger partial charge in [-0.3, -0.25) is 14.4 Å². The average molecular weight is 471 g/mol. The van der Waals surface area contributed by atoms with Gasteiger partial charge < -0.3 is 9.64 Å². The largest absolute Gasteiger partial charge is 0.379 e. The highest BCUT2D eigenvalue weighted by Gasteiger charge is 2.20. The van der Waals surface area contributed by atoms with Crippen LogP contribution in [0.3, 0.4) is 0 Å². The molecule has 0 unspecified atom stereocenters. The summed E-state index contributed by atoms with van der Waals surface area (Å²) in [6, 6.07) is 13.9. The maximum Gasteiger partial charge on any atom is 0.276 e. The Morgan fingerprint density at radius 1 is 1.06 bits per heavy atom. The van der Waals surface area contributed by atoms with Crippen LogP contribution in [0.25, 0.3) is 22.3 Å². The van der Waals surface area contributed by atoms with Crippen molar-refractivity contribution in [3.63, 3.8) is 0 Å². The first kappa shape index (κ1) is 23.1. The SMILES string of the molecule is Cc1ccc2nc(-c3ccc(N(C)C(=O)c4ccnn4CCN4CCOCC4)c(C)c3)ncc2c1. The van der Waals surface area contributed by atoms with Gasteiger partial charge in [0, 0.05) is 55.7 Å². The molecule has 4 aromatic rings. The molecule has 2 aromatic carbocycles. The minimum Gasteiger partial charge on any atom is -0.379 e. The number of aryl methyl sites for hydroxylation is 2. The number of morpholine rings is 1. The molecule has 0 bridgehead atoms. The molecule has 0 saturated carbocycles. The number of hydrogen-bond donors (Lipinski definition) is 0. The highest BCUT2D eigenvalue weighted by Crippen LogP contribution is 2.27. The average Bonchev–Trinajstić information content (AvgIpc) is 3.35. The van der Waals surface area contributed by atoms with Gasteiger partial charge in [0.05, 0.1) is 25.3 Å². The molecule has 0 atom stereocenters. The summed E-state index contributed by atoms with van der Waals surface area (Å²) < 4.78 is 7.21. The number of carbonyl (C=O) groups is 1. The van der Waals surface area contributed by atoms with Gasteiger partial charge in [-0.2, -0.15) is 5.10 Å². The van der Waals surface area contributed by atoms with E-state index in [2.05, 4.69) is 34.0 Å². The van der Waals surface area contributed by atoms with Crippen molar-refractivity contribution in [2.75, 3.05) is 44.8 Å². The van der Waals surface area contributed by atoms with Gasteiger partial charge >= 0.3 is 0 Å². The summed E-state index contributed by atoms with van der Waals surface area (Å²) in [5.74, 6) is 0.587. The molecule has 3 heterocycles. The first-order chi connectivity index (χ1) is 17.0. The number of anilines is 1. The Balaban J connectivity index is 1.33. The van der Waals surface area contributed by atoms with Crippen LogP contribution in [0.15, 0.2) is 54.9 Å². The van der Waals surface area contributed by atoms with Gasteiger partial charge in [0.2, 0.25) is 0 Å². The van der Waals surface area contributed by atoms with Crippen LogP contribution in [-0.4, -0.2) is 70.5 Å². The highest BCUT2D eigenvalue weighted by atomic mass is 16.5. The molecule has 0 spiro atoms. The summed E-state index contributed by atoms with van der Waals surface area (Å²) in [5, 5.41) is 5.42. The number of fused-ring (bicyclic) bond motifs is 1. The second-order valence-corrected chi connectivity index (χ2v) is 9.01. The Morgan fingerprint density at radius 2 is 1.89 bits per heavy atom. The Labute approximate surface area is 205 Å². The smallest absolute Gasteiger partial charge is 0.276 e. The molecule has 1 saturated heterocycles. The third kappa shape index (κ3) is 4.94. The molecule has 35 heavy (non-hydrogen) atoms. The predicted molar refractivity (Wildman–Crippen MR) is 137 cm³/mol. The molecule has 1 amide bonds. The lowest BCUT2D eigenvalue weighted by atomic mass is 10.1. The second-order valence-electron chi connectivity index (χ2n) is 9.01. The number of benzene rings is 2. The Hall–Kier alpha value is -3.62. The van der Waals surface area contributed by atoms with Crippen molar-refractivity contribution in [2.24, 2.45) is 0 Å². The van der Waals surface area contributed by atoms with Crippen molar-refractivity contribution >= 4 is 22.5 Å². The molecule has 0 aliphatic carbocycles. The molecular formula is C27H30N6O2. The number of carbonyl (C=O) groups excluding carboxylic acids is 1. The van der Waals surface area contributed by atoms with Gasteiger partial charge in [-0.25, -0.2) is 9.97 Å². The van der Waals surface area contributed by atoms with Crippen molar-refractivity contribution in [1.82, 2.24) is 24.6 Å². The molecule has 0 N–H and O–H groups in total. The fraction of sp³-hybridized carbons (Fsp3) is 0.333. The van der Waals surface area contributed by atoms with Crippen LogP contribution in [0.1, 0.15) is 21.6 Å². The number of amides is 1. The number of ether oxygens (including phenoxy) is 1. The van der Waals surface area contributed by atoms with Crippen LogP contribution in [0, 0.1) is 13.8 Å². The van der Waals surface area contributed by atoms with Gasteiger partial charge in [-0.1, -0.05) is 11.6 Å². The van der Waals surface area contributed by atoms with Gasteiger partial charge in [0.15, 0.2) is 5.82 Å². The maximum absolute atomic E-state index is 13.4. The van der Waals surface area contributed by atoms with Crippen LogP contribution >= 0.6 is 0 Å². The number of rotatable bonds is 6. The van der Waals surface area contributed by atoms with E-state index in [-0.39, 0.29) is 5.91 Å². The number of hydrogen-bond acceptors (Lipinski definition) is 6. The van der Waals surface area contributed by atoms with E-state index in [1.54, 1.807) is 28.9 Å². The second kappa shape index (κ2) is 9.93. The van der Waals surface area contributed by atoms with Crippen LogP contribution in [-0.2, 0) is 11.3 Å². The normalized spacial score (nSPS) is 14.4. The van der Waals surface area contributed by atoms with Crippen LogP contribution in [0.5, 0.6) is 0 Å². The van der Waals surface area contributed by atoms with Crippen molar-refractivity contribution in [2.45, 2.75) is 20.4 Å². The highest BCUT2D eigenvalue weighted by molar-refractivity contribution is 6.05. The summed E-state index contributed by atoms with van der Waals surface area (Å²) in [7, 11) is 1.80. The fourth-order valence-electron chi connectivity index (χ4n) is 4.50. The zero-order valence-electron chi connectivity index (χ0n) is 20.4. The summed E-state index contributed by atoms with van der Waals surface area (Å²) in [6.07, 6.45) is 3.55. The van der Waals surface area contributed by atoms with Gasteiger partial charge in [0.1, 0.15) is 5.69 Å². The van der Waals surface area contributed by atoms with E-state index in [0.717, 1.165) is 60.6 Å². The molecule has 1 fully saturated rings. The van der Waals surface area contributed by atoms with Gasteiger partial charge in [-0.05, 0) is 55.8 Å². The fourth-order valence-corrected chi connectivity index (χ4v) is 4.50.